The van der Waals surface area contributed by atoms with Crippen LogP contribution in [-0.2, 0) is 9.47 Å². The van der Waals surface area contributed by atoms with Crippen molar-refractivity contribution >= 4 is 10.9 Å². The zero-order valence-electron chi connectivity index (χ0n) is 20.2. The fourth-order valence-corrected chi connectivity index (χ4v) is 4.78. The normalized spacial score (nSPS) is 19.9. The smallest absolute Gasteiger partial charge is 0.165 e. The average molecular weight is 476 g/mol. The lowest BCUT2D eigenvalue weighted by Crippen LogP contribution is -2.47. The van der Waals surface area contributed by atoms with Gasteiger partial charge in [-0.15, -0.1) is 0 Å². The van der Waals surface area contributed by atoms with Crippen molar-refractivity contribution in [3.05, 3.63) is 83.9 Å². The minimum atomic E-state index is -0.578. The number of pyridine rings is 1. The van der Waals surface area contributed by atoms with Crippen LogP contribution in [0.15, 0.2) is 78.3 Å². The molecule has 35 heavy (non-hydrogen) atoms. The van der Waals surface area contributed by atoms with Crippen LogP contribution < -0.4 is 4.74 Å². The highest BCUT2D eigenvalue weighted by Crippen LogP contribution is 2.28. The monoisotopic (exact) mass is 475 g/mol. The third-order valence-corrected chi connectivity index (χ3v) is 6.85. The molecule has 0 radical (unpaired) electrons. The molecular formula is C28H33N3O4. The summed E-state index contributed by atoms with van der Waals surface area (Å²) in [5, 5.41) is 12.0. The minimum Gasteiger partial charge on any atom is -0.495 e. The van der Waals surface area contributed by atoms with Crippen LogP contribution in [0, 0.1) is 0 Å². The van der Waals surface area contributed by atoms with Crippen LogP contribution in [0.2, 0.25) is 0 Å². The average Bonchev–Trinajstić information content (AvgIpc) is 2.92. The van der Waals surface area contributed by atoms with Gasteiger partial charge < -0.3 is 24.2 Å². The van der Waals surface area contributed by atoms with Gasteiger partial charge in [-0.3, -0.25) is 9.88 Å². The fourth-order valence-electron chi connectivity index (χ4n) is 4.78. The first kappa shape index (κ1) is 23.6. The molecule has 0 bridgehead atoms. The molecule has 3 heterocycles. The highest BCUT2D eigenvalue weighted by Gasteiger charge is 2.22. The first-order valence-corrected chi connectivity index (χ1v) is 12.3. The summed E-state index contributed by atoms with van der Waals surface area (Å²) in [4.78, 5) is 9.23. The molecular weight excluding hydrogens is 442 g/mol. The van der Waals surface area contributed by atoms with E-state index in [1.165, 1.54) is 5.57 Å². The molecule has 1 saturated heterocycles. The van der Waals surface area contributed by atoms with Crippen LogP contribution in [0.5, 0.6) is 5.75 Å². The van der Waals surface area contributed by atoms with E-state index in [0.717, 1.165) is 80.0 Å². The SMILES string of the molecule is COc1cnc2cccc(C(O)CN3CCN(CCC4=COC=C(C5=CC=CCC5)O4)CC3)c2c1. The molecule has 0 spiro atoms. The Morgan fingerprint density at radius 2 is 2.00 bits per heavy atom. The molecule has 1 aliphatic carbocycles. The summed E-state index contributed by atoms with van der Waals surface area (Å²) < 4.78 is 17.0. The van der Waals surface area contributed by atoms with Crippen LogP contribution in [0.4, 0.5) is 0 Å². The van der Waals surface area contributed by atoms with Gasteiger partial charge in [-0.05, 0) is 36.1 Å². The number of ether oxygens (including phenoxy) is 3. The van der Waals surface area contributed by atoms with Gasteiger partial charge in [-0.2, -0.15) is 0 Å². The molecule has 2 aliphatic heterocycles. The molecule has 1 N–H and O–H groups in total. The summed E-state index contributed by atoms with van der Waals surface area (Å²) in [6, 6.07) is 7.84. The number of hydrogen-bond acceptors (Lipinski definition) is 7. The molecule has 1 atom stereocenters. The Labute approximate surface area is 206 Å². The fraction of sp³-hybridized carbons (Fsp3) is 0.393. The third kappa shape index (κ3) is 5.75. The van der Waals surface area contributed by atoms with E-state index in [9.17, 15) is 5.11 Å². The number of methoxy groups -OCH3 is 1. The Hall–Kier alpha value is -3.13. The second-order valence-corrected chi connectivity index (χ2v) is 9.16. The maximum atomic E-state index is 11.0. The van der Waals surface area contributed by atoms with Crippen LogP contribution in [0.25, 0.3) is 10.9 Å². The lowest BCUT2D eigenvalue weighted by atomic mass is 10.0. The number of aliphatic hydroxyl groups is 1. The third-order valence-electron chi connectivity index (χ3n) is 6.85. The highest BCUT2D eigenvalue weighted by atomic mass is 16.5. The molecule has 0 amide bonds. The number of β-amino-alcohol motifs (C(OH)–C–C–N with tert-alkyl or cyclic N) is 1. The zero-order chi connectivity index (χ0) is 24.0. The molecule has 1 unspecified atom stereocenters. The summed E-state index contributed by atoms with van der Waals surface area (Å²) in [6.45, 7) is 5.29. The van der Waals surface area contributed by atoms with E-state index in [1.807, 2.05) is 24.3 Å². The Balaban J connectivity index is 1.10. The van der Waals surface area contributed by atoms with Gasteiger partial charge in [0.2, 0.25) is 0 Å². The molecule has 7 heteroatoms. The van der Waals surface area contributed by atoms with E-state index in [1.54, 1.807) is 25.8 Å². The number of piperazine rings is 1. The van der Waals surface area contributed by atoms with Gasteiger partial charge in [0.05, 0.1) is 24.9 Å². The number of nitrogens with zero attached hydrogens (tertiary/aromatic N) is 3. The molecule has 1 fully saturated rings. The Morgan fingerprint density at radius 1 is 1.14 bits per heavy atom. The Morgan fingerprint density at radius 3 is 2.80 bits per heavy atom. The van der Waals surface area contributed by atoms with Crippen molar-refractivity contribution in [1.82, 2.24) is 14.8 Å². The summed E-state index contributed by atoms with van der Waals surface area (Å²) in [5.41, 5.74) is 2.94. The number of aromatic nitrogens is 1. The van der Waals surface area contributed by atoms with Crippen LogP contribution in [-0.4, -0.2) is 66.3 Å². The molecule has 3 aliphatic rings. The maximum absolute atomic E-state index is 11.0. The number of fused-ring (bicyclic) bond motifs is 1. The second-order valence-electron chi connectivity index (χ2n) is 9.16. The predicted molar refractivity (Wildman–Crippen MR) is 136 cm³/mol. The van der Waals surface area contributed by atoms with E-state index in [-0.39, 0.29) is 0 Å². The summed E-state index contributed by atoms with van der Waals surface area (Å²) in [7, 11) is 1.63. The molecule has 2 aromatic rings. The predicted octanol–water partition coefficient (Wildman–Crippen LogP) is 4.29. The standard InChI is InChI=1S/C28H33N3O4/c1-33-23-16-25-24(8-5-9-26(25)29-17-23)27(32)18-31-14-12-30(13-15-31)11-10-22-19-34-20-28(35-22)21-6-3-2-4-7-21/h2-3,5-6,8-9,16-17,19-20,27,32H,4,7,10-15,18H2,1H3. The van der Waals surface area contributed by atoms with Gasteiger partial charge in [-0.25, -0.2) is 0 Å². The minimum absolute atomic E-state index is 0.578. The Kier molecular flexibility index (Phi) is 7.47. The summed E-state index contributed by atoms with van der Waals surface area (Å²) in [6.07, 6.45) is 13.7. The largest absolute Gasteiger partial charge is 0.495 e. The van der Waals surface area contributed by atoms with Crippen LogP contribution >= 0.6 is 0 Å². The lowest BCUT2D eigenvalue weighted by molar-refractivity contribution is 0.0718. The second kappa shape index (κ2) is 11.1. The van der Waals surface area contributed by atoms with E-state index in [4.69, 9.17) is 14.2 Å². The highest BCUT2D eigenvalue weighted by molar-refractivity contribution is 5.83. The maximum Gasteiger partial charge on any atom is 0.165 e. The Bertz CT molecular complexity index is 1160. The first-order valence-electron chi connectivity index (χ1n) is 12.3. The zero-order valence-corrected chi connectivity index (χ0v) is 20.2. The first-order chi connectivity index (χ1) is 17.2. The van der Waals surface area contributed by atoms with E-state index >= 15 is 0 Å². The van der Waals surface area contributed by atoms with Crippen molar-refractivity contribution in [1.29, 1.82) is 0 Å². The van der Waals surface area contributed by atoms with Crippen molar-refractivity contribution in [2.75, 3.05) is 46.4 Å². The molecule has 5 rings (SSSR count). The van der Waals surface area contributed by atoms with Gasteiger partial charge in [0, 0.05) is 51.1 Å². The molecule has 184 valence electrons. The van der Waals surface area contributed by atoms with E-state index < -0.39 is 6.10 Å². The van der Waals surface area contributed by atoms with Crippen molar-refractivity contribution in [3.63, 3.8) is 0 Å². The van der Waals surface area contributed by atoms with Crippen LogP contribution in [0.1, 0.15) is 30.9 Å². The van der Waals surface area contributed by atoms with Gasteiger partial charge in [0.1, 0.15) is 24.0 Å². The lowest BCUT2D eigenvalue weighted by Gasteiger charge is -2.36. The van der Waals surface area contributed by atoms with Crippen molar-refractivity contribution < 1.29 is 19.3 Å². The summed E-state index contributed by atoms with van der Waals surface area (Å²) >= 11 is 0. The number of allylic oxidation sites excluding steroid dienone is 4. The van der Waals surface area contributed by atoms with Gasteiger partial charge >= 0.3 is 0 Å². The quantitative estimate of drug-likeness (QED) is 0.611. The van der Waals surface area contributed by atoms with Gasteiger partial charge in [0.25, 0.3) is 0 Å². The van der Waals surface area contributed by atoms with Crippen molar-refractivity contribution in [2.24, 2.45) is 0 Å². The van der Waals surface area contributed by atoms with E-state index in [2.05, 4.69) is 33.0 Å². The topological polar surface area (TPSA) is 67.3 Å². The molecule has 0 saturated carbocycles. The van der Waals surface area contributed by atoms with Crippen molar-refractivity contribution in [3.8, 4) is 5.75 Å². The summed E-state index contributed by atoms with van der Waals surface area (Å²) in [5.74, 6) is 2.39. The number of hydrogen-bond donors (Lipinski definition) is 1. The van der Waals surface area contributed by atoms with E-state index in [0.29, 0.717) is 12.3 Å². The van der Waals surface area contributed by atoms with Gasteiger partial charge in [-0.1, -0.05) is 30.4 Å². The molecule has 1 aromatic heterocycles. The number of aliphatic hydroxyl groups excluding tert-OH is 1. The molecule has 1 aromatic carbocycles. The number of rotatable bonds is 8. The van der Waals surface area contributed by atoms with Gasteiger partial charge in [0.15, 0.2) is 5.76 Å². The van der Waals surface area contributed by atoms with Crippen molar-refractivity contribution in [2.45, 2.75) is 25.4 Å². The molecule has 7 nitrogen and oxygen atoms in total. The van der Waals surface area contributed by atoms with Crippen LogP contribution in [0.3, 0.4) is 0 Å². The number of benzene rings is 1.